The van der Waals surface area contributed by atoms with Gasteiger partial charge in [-0.1, -0.05) is 6.07 Å². The lowest BCUT2D eigenvalue weighted by Gasteiger charge is -2.16. The van der Waals surface area contributed by atoms with Crippen molar-refractivity contribution in [2.75, 3.05) is 39.8 Å². The van der Waals surface area contributed by atoms with Gasteiger partial charge in [-0.15, -0.1) is 0 Å². The van der Waals surface area contributed by atoms with E-state index in [1.807, 2.05) is 62.3 Å². The molecule has 0 aliphatic rings. The molecular formula is C20H26N2O3. The monoisotopic (exact) mass is 342 g/mol. The highest BCUT2D eigenvalue weighted by Gasteiger charge is 2.09. The minimum Gasteiger partial charge on any atom is -0.493 e. The van der Waals surface area contributed by atoms with E-state index in [9.17, 15) is 4.79 Å². The van der Waals surface area contributed by atoms with Crippen LogP contribution < -0.4 is 19.7 Å². The van der Waals surface area contributed by atoms with E-state index in [1.165, 1.54) is 0 Å². The summed E-state index contributed by atoms with van der Waals surface area (Å²) in [7, 11) is 7.21. The molecule has 0 radical (unpaired) electrons. The highest BCUT2D eigenvalue weighted by molar-refractivity contribution is 5.94. The molecule has 0 aromatic heterocycles. The van der Waals surface area contributed by atoms with Gasteiger partial charge in [0.2, 0.25) is 0 Å². The molecule has 1 amide bonds. The van der Waals surface area contributed by atoms with Gasteiger partial charge in [0.15, 0.2) is 11.5 Å². The van der Waals surface area contributed by atoms with Gasteiger partial charge < -0.3 is 19.7 Å². The van der Waals surface area contributed by atoms with E-state index in [1.54, 1.807) is 14.2 Å². The first kappa shape index (κ1) is 18.6. The summed E-state index contributed by atoms with van der Waals surface area (Å²) in [5.41, 5.74) is 3.95. The predicted octanol–water partition coefficient (Wildman–Crippen LogP) is 3.05. The van der Waals surface area contributed by atoms with E-state index in [-0.39, 0.29) is 5.91 Å². The normalized spacial score (nSPS) is 10.3. The molecule has 2 aromatic rings. The molecule has 0 atom stereocenters. The molecule has 5 nitrogen and oxygen atoms in total. The van der Waals surface area contributed by atoms with Crippen LogP contribution in [0.3, 0.4) is 0 Å². The number of anilines is 1. The third kappa shape index (κ3) is 4.66. The Kier molecular flexibility index (Phi) is 6.28. The largest absolute Gasteiger partial charge is 0.493 e. The summed E-state index contributed by atoms with van der Waals surface area (Å²) in [6, 6.07) is 11.5. The van der Waals surface area contributed by atoms with Gasteiger partial charge in [0.25, 0.3) is 5.91 Å². The first-order valence-electron chi connectivity index (χ1n) is 8.23. The maximum Gasteiger partial charge on any atom is 0.251 e. The molecular weight excluding hydrogens is 316 g/mol. The lowest BCUT2D eigenvalue weighted by atomic mass is 10.1. The Morgan fingerprint density at radius 2 is 1.76 bits per heavy atom. The molecule has 2 aromatic carbocycles. The van der Waals surface area contributed by atoms with Crippen molar-refractivity contribution >= 4 is 11.6 Å². The number of nitrogens with one attached hydrogen (secondary N) is 1. The highest BCUT2D eigenvalue weighted by Crippen LogP contribution is 2.27. The third-order valence-corrected chi connectivity index (χ3v) is 4.09. The second kappa shape index (κ2) is 8.42. The zero-order chi connectivity index (χ0) is 18.4. The van der Waals surface area contributed by atoms with Crippen LogP contribution in [0.5, 0.6) is 11.5 Å². The molecule has 0 bridgehead atoms. The van der Waals surface area contributed by atoms with E-state index in [4.69, 9.17) is 9.47 Å². The maximum absolute atomic E-state index is 12.3. The number of methoxy groups -OCH3 is 2. The van der Waals surface area contributed by atoms with E-state index in [0.29, 0.717) is 23.6 Å². The standard InChI is InChI=1S/C20H26N2O3/c1-14-12-16(7-8-17(14)22(2)3)20(23)21-11-10-15-6-9-18(24-4)19(13-15)25-5/h6-9,12-13H,10-11H2,1-5H3,(H,21,23). The second-order valence-electron chi connectivity index (χ2n) is 6.09. The molecule has 0 unspecified atom stereocenters. The van der Waals surface area contributed by atoms with Gasteiger partial charge >= 0.3 is 0 Å². The van der Waals surface area contributed by atoms with Crippen LogP contribution in [0, 0.1) is 6.92 Å². The molecule has 0 aliphatic heterocycles. The van der Waals surface area contributed by atoms with Crippen molar-refractivity contribution < 1.29 is 14.3 Å². The van der Waals surface area contributed by atoms with Gasteiger partial charge in [-0.3, -0.25) is 4.79 Å². The lowest BCUT2D eigenvalue weighted by Crippen LogP contribution is -2.26. The fourth-order valence-electron chi connectivity index (χ4n) is 2.76. The van der Waals surface area contributed by atoms with Gasteiger partial charge in [0, 0.05) is 31.9 Å². The van der Waals surface area contributed by atoms with Crippen LogP contribution in [0.25, 0.3) is 0 Å². The van der Waals surface area contributed by atoms with Crippen LogP contribution in [0.15, 0.2) is 36.4 Å². The van der Waals surface area contributed by atoms with E-state index in [2.05, 4.69) is 5.32 Å². The number of carbonyl (C=O) groups excluding carboxylic acids is 1. The quantitative estimate of drug-likeness (QED) is 0.840. The van der Waals surface area contributed by atoms with Crippen LogP contribution in [-0.4, -0.2) is 40.8 Å². The minimum atomic E-state index is -0.0612. The maximum atomic E-state index is 12.3. The van der Waals surface area contributed by atoms with Crippen molar-refractivity contribution in [2.45, 2.75) is 13.3 Å². The molecule has 0 saturated carbocycles. The summed E-state index contributed by atoms with van der Waals surface area (Å²) in [5.74, 6) is 1.34. The van der Waals surface area contributed by atoms with Crippen molar-refractivity contribution in [3.63, 3.8) is 0 Å². The van der Waals surface area contributed by atoms with Gasteiger partial charge in [0.1, 0.15) is 0 Å². The summed E-state index contributed by atoms with van der Waals surface area (Å²) in [6.07, 6.45) is 0.723. The van der Waals surface area contributed by atoms with Crippen LogP contribution in [0.2, 0.25) is 0 Å². The van der Waals surface area contributed by atoms with E-state index < -0.39 is 0 Å². The van der Waals surface area contributed by atoms with Crippen LogP contribution in [0.4, 0.5) is 5.69 Å². The van der Waals surface area contributed by atoms with E-state index >= 15 is 0 Å². The molecule has 0 saturated heterocycles. The number of benzene rings is 2. The number of hydrogen-bond acceptors (Lipinski definition) is 4. The SMILES string of the molecule is COc1ccc(CCNC(=O)c2ccc(N(C)C)c(C)c2)cc1OC. The molecule has 0 fully saturated rings. The zero-order valence-electron chi connectivity index (χ0n) is 15.6. The predicted molar refractivity (Wildman–Crippen MR) is 101 cm³/mol. The third-order valence-electron chi connectivity index (χ3n) is 4.09. The van der Waals surface area contributed by atoms with Gasteiger partial charge in [-0.05, 0) is 54.8 Å². The Balaban J connectivity index is 1.95. The molecule has 134 valence electrons. The van der Waals surface area contributed by atoms with E-state index in [0.717, 1.165) is 23.2 Å². The number of ether oxygens (including phenoxy) is 2. The Bertz CT molecular complexity index is 742. The lowest BCUT2D eigenvalue weighted by molar-refractivity contribution is 0.0954. The van der Waals surface area contributed by atoms with Crippen molar-refractivity contribution in [1.29, 1.82) is 0 Å². The molecule has 1 N–H and O–H groups in total. The molecule has 5 heteroatoms. The number of aryl methyl sites for hydroxylation is 1. The van der Waals surface area contributed by atoms with Gasteiger partial charge in [-0.25, -0.2) is 0 Å². The first-order valence-corrected chi connectivity index (χ1v) is 8.23. The summed E-state index contributed by atoms with van der Waals surface area (Å²) in [6.45, 7) is 2.57. The summed E-state index contributed by atoms with van der Waals surface area (Å²) >= 11 is 0. The summed E-state index contributed by atoms with van der Waals surface area (Å²) in [5, 5.41) is 2.96. The number of nitrogens with zero attached hydrogens (tertiary/aromatic N) is 1. The summed E-state index contributed by atoms with van der Waals surface area (Å²) < 4.78 is 10.5. The van der Waals surface area contributed by atoms with Crippen molar-refractivity contribution in [3.05, 3.63) is 53.1 Å². The van der Waals surface area contributed by atoms with Crippen molar-refractivity contribution in [3.8, 4) is 11.5 Å². The molecule has 0 aliphatic carbocycles. The van der Waals surface area contributed by atoms with Gasteiger partial charge in [0.05, 0.1) is 14.2 Å². The highest BCUT2D eigenvalue weighted by atomic mass is 16.5. The summed E-state index contributed by atoms with van der Waals surface area (Å²) in [4.78, 5) is 14.4. The van der Waals surface area contributed by atoms with Crippen LogP contribution in [0.1, 0.15) is 21.5 Å². The fourth-order valence-corrected chi connectivity index (χ4v) is 2.76. The van der Waals surface area contributed by atoms with Crippen molar-refractivity contribution in [1.82, 2.24) is 5.32 Å². The first-order chi connectivity index (χ1) is 12.0. The van der Waals surface area contributed by atoms with Crippen LogP contribution in [-0.2, 0) is 6.42 Å². The number of carbonyl (C=O) groups is 1. The Hall–Kier alpha value is -2.69. The van der Waals surface area contributed by atoms with Crippen molar-refractivity contribution in [2.24, 2.45) is 0 Å². The van der Waals surface area contributed by atoms with Gasteiger partial charge in [-0.2, -0.15) is 0 Å². The molecule has 2 rings (SSSR count). The van der Waals surface area contributed by atoms with Crippen LogP contribution >= 0.6 is 0 Å². The fraction of sp³-hybridized carbons (Fsp3) is 0.350. The Morgan fingerprint density at radius 1 is 1.04 bits per heavy atom. The average molecular weight is 342 g/mol. The average Bonchev–Trinajstić information content (AvgIpc) is 2.60. The Labute approximate surface area is 149 Å². The molecule has 0 heterocycles. The Morgan fingerprint density at radius 3 is 2.36 bits per heavy atom. The number of rotatable bonds is 7. The molecule has 0 spiro atoms. The minimum absolute atomic E-state index is 0.0612. The molecule has 25 heavy (non-hydrogen) atoms. The second-order valence-corrected chi connectivity index (χ2v) is 6.09. The zero-order valence-corrected chi connectivity index (χ0v) is 15.6. The number of amides is 1. The topological polar surface area (TPSA) is 50.8 Å². The smallest absolute Gasteiger partial charge is 0.251 e. The number of hydrogen-bond donors (Lipinski definition) is 1.